The number of pyridine rings is 1. The van der Waals surface area contributed by atoms with Crippen LogP contribution in [0.2, 0.25) is 0 Å². The van der Waals surface area contributed by atoms with Gasteiger partial charge >= 0.3 is 0 Å². The molecule has 24 heavy (non-hydrogen) atoms. The van der Waals surface area contributed by atoms with Gasteiger partial charge in [0.05, 0.1) is 13.2 Å². The van der Waals surface area contributed by atoms with E-state index in [9.17, 15) is 9.59 Å². The highest BCUT2D eigenvalue weighted by molar-refractivity contribution is 5.76. The van der Waals surface area contributed by atoms with Crippen LogP contribution in [0.1, 0.15) is 30.0 Å². The molecule has 0 aromatic carbocycles. The highest BCUT2D eigenvalue weighted by atomic mass is 16.5. The molecule has 0 radical (unpaired) electrons. The summed E-state index contributed by atoms with van der Waals surface area (Å²) in [6.07, 6.45) is 2.47. The third kappa shape index (κ3) is 3.43. The lowest BCUT2D eigenvalue weighted by molar-refractivity contribution is -0.141. The summed E-state index contributed by atoms with van der Waals surface area (Å²) in [6, 6.07) is 6.94. The van der Waals surface area contributed by atoms with Crippen LogP contribution in [0.25, 0.3) is 0 Å². The van der Waals surface area contributed by atoms with Crippen molar-refractivity contribution in [2.75, 3.05) is 19.8 Å². The summed E-state index contributed by atoms with van der Waals surface area (Å²) < 4.78 is 12.8. The minimum atomic E-state index is -0.243. The van der Waals surface area contributed by atoms with E-state index in [0.29, 0.717) is 19.8 Å². The number of nitrogens with zero attached hydrogens (tertiary/aromatic N) is 2. The van der Waals surface area contributed by atoms with E-state index in [4.69, 9.17) is 9.15 Å². The largest absolute Gasteiger partial charge is 0.464 e. The number of aromatic nitrogens is 1. The second-order valence-corrected chi connectivity index (χ2v) is 6.01. The highest BCUT2D eigenvalue weighted by Crippen LogP contribution is 2.26. The fraction of sp³-hybridized carbons (Fsp3) is 0.444. The van der Waals surface area contributed by atoms with Crippen molar-refractivity contribution in [1.82, 2.24) is 9.47 Å². The smallest absolute Gasteiger partial charge is 0.251 e. The molecule has 3 rings (SSSR count). The van der Waals surface area contributed by atoms with Gasteiger partial charge in [-0.1, -0.05) is 6.92 Å². The zero-order valence-electron chi connectivity index (χ0n) is 14.0. The van der Waals surface area contributed by atoms with Crippen LogP contribution in [-0.4, -0.2) is 35.1 Å². The van der Waals surface area contributed by atoms with Gasteiger partial charge in [0.25, 0.3) is 5.56 Å². The first-order valence-electron chi connectivity index (χ1n) is 8.21. The molecule has 128 valence electrons. The van der Waals surface area contributed by atoms with Crippen LogP contribution in [-0.2, 0) is 22.5 Å². The van der Waals surface area contributed by atoms with Crippen molar-refractivity contribution in [2.45, 2.75) is 32.9 Å². The predicted octanol–water partition coefficient (Wildman–Crippen LogP) is 1.91. The number of ether oxygens (including phenoxy) is 1. The van der Waals surface area contributed by atoms with Gasteiger partial charge in [-0.15, -0.1) is 0 Å². The summed E-state index contributed by atoms with van der Waals surface area (Å²) in [5.41, 5.74) is 0.718. The Morgan fingerprint density at radius 2 is 2.17 bits per heavy atom. The Kier molecular flexibility index (Phi) is 4.85. The number of morpholine rings is 1. The fourth-order valence-electron chi connectivity index (χ4n) is 2.88. The highest BCUT2D eigenvalue weighted by Gasteiger charge is 2.31. The van der Waals surface area contributed by atoms with Crippen molar-refractivity contribution in [1.29, 1.82) is 0 Å². The van der Waals surface area contributed by atoms with Crippen LogP contribution in [0.3, 0.4) is 0 Å². The van der Waals surface area contributed by atoms with Gasteiger partial charge in [-0.05, 0) is 30.7 Å². The minimum Gasteiger partial charge on any atom is -0.464 e. The summed E-state index contributed by atoms with van der Waals surface area (Å²) in [6.45, 7) is 5.29. The lowest BCUT2D eigenvalue weighted by Gasteiger charge is -2.34. The maximum atomic E-state index is 12.7. The standard InChI is InChI=1S/C18H22N2O4/c1-3-14-4-5-16(24-14)15-12-23-9-8-20(15)18(22)11-19-7-6-13(2)10-17(19)21/h4-7,10,15H,3,8-9,11-12H2,1-2H3. The number of carbonyl (C=O) groups excluding carboxylic acids is 1. The van der Waals surface area contributed by atoms with Crippen LogP contribution >= 0.6 is 0 Å². The molecule has 0 saturated carbocycles. The van der Waals surface area contributed by atoms with E-state index in [2.05, 4.69) is 0 Å². The summed E-state index contributed by atoms with van der Waals surface area (Å²) in [7, 11) is 0. The van der Waals surface area contributed by atoms with E-state index in [1.807, 2.05) is 32.0 Å². The van der Waals surface area contributed by atoms with Crippen molar-refractivity contribution in [3.63, 3.8) is 0 Å². The Balaban J connectivity index is 1.79. The number of amides is 1. The summed E-state index contributed by atoms with van der Waals surface area (Å²) in [5, 5.41) is 0. The molecule has 0 aliphatic carbocycles. The molecular weight excluding hydrogens is 308 g/mol. The molecule has 1 saturated heterocycles. The lowest BCUT2D eigenvalue weighted by atomic mass is 10.1. The van der Waals surface area contributed by atoms with Crippen LogP contribution in [0, 0.1) is 6.92 Å². The van der Waals surface area contributed by atoms with E-state index < -0.39 is 0 Å². The minimum absolute atomic E-state index is 0.0248. The maximum Gasteiger partial charge on any atom is 0.251 e. The number of hydrogen-bond acceptors (Lipinski definition) is 4. The van der Waals surface area contributed by atoms with Crippen molar-refractivity contribution in [3.8, 4) is 0 Å². The predicted molar refractivity (Wildman–Crippen MR) is 88.8 cm³/mol. The van der Waals surface area contributed by atoms with Gasteiger partial charge < -0.3 is 18.6 Å². The molecule has 1 unspecified atom stereocenters. The van der Waals surface area contributed by atoms with E-state index in [0.717, 1.165) is 23.5 Å². The molecule has 1 atom stereocenters. The van der Waals surface area contributed by atoms with E-state index in [-0.39, 0.29) is 24.1 Å². The van der Waals surface area contributed by atoms with Gasteiger partial charge in [-0.3, -0.25) is 9.59 Å². The monoisotopic (exact) mass is 330 g/mol. The number of aryl methyl sites for hydroxylation is 2. The molecule has 1 amide bonds. The van der Waals surface area contributed by atoms with Crippen molar-refractivity contribution in [2.24, 2.45) is 0 Å². The molecule has 6 heteroatoms. The maximum absolute atomic E-state index is 12.7. The normalized spacial score (nSPS) is 17.9. The van der Waals surface area contributed by atoms with Gasteiger partial charge in [0.2, 0.25) is 5.91 Å². The number of carbonyl (C=O) groups is 1. The molecular formula is C18H22N2O4. The molecule has 1 aliphatic heterocycles. The summed E-state index contributed by atoms with van der Waals surface area (Å²) in [5.74, 6) is 1.51. The quantitative estimate of drug-likeness (QED) is 0.859. The first kappa shape index (κ1) is 16.5. The molecule has 2 aromatic heterocycles. The zero-order chi connectivity index (χ0) is 17.1. The van der Waals surface area contributed by atoms with Crippen molar-refractivity contribution in [3.05, 3.63) is 57.9 Å². The fourth-order valence-corrected chi connectivity index (χ4v) is 2.88. The van der Waals surface area contributed by atoms with Crippen LogP contribution < -0.4 is 5.56 Å². The summed E-state index contributed by atoms with van der Waals surface area (Å²) >= 11 is 0. The average molecular weight is 330 g/mol. The molecule has 0 bridgehead atoms. The van der Waals surface area contributed by atoms with Gasteiger partial charge in [0.1, 0.15) is 24.1 Å². The zero-order valence-corrected chi connectivity index (χ0v) is 14.0. The number of furan rings is 1. The van der Waals surface area contributed by atoms with E-state index in [1.165, 1.54) is 10.6 Å². The van der Waals surface area contributed by atoms with Gasteiger partial charge in [-0.2, -0.15) is 0 Å². The van der Waals surface area contributed by atoms with Crippen LogP contribution in [0.4, 0.5) is 0 Å². The van der Waals surface area contributed by atoms with Gasteiger partial charge in [-0.25, -0.2) is 0 Å². The van der Waals surface area contributed by atoms with E-state index >= 15 is 0 Å². The SMILES string of the molecule is CCc1ccc(C2COCCN2C(=O)Cn2ccc(C)cc2=O)o1. The first-order chi connectivity index (χ1) is 11.6. The Bertz CT molecular complexity index is 777. The number of hydrogen-bond donors (Lipinski definition) is 0. The van der Waals surface area contributed by atoms with Crippen LogP contribution in [0.15, 0.2) is 39.7 Å². The molecule has 6 nitrogen and oxygen atoms in total. The second kappa shape index (κ2) is 7.05. The number of rotatable bonds is 4. The van der Waals surface area contributed by atoms with Gasteiger partial charge in [0.15, 0.2) is 0 Å². The average Bonchev–Trinajstić information content (AvgIpc) is 3.06. The summed E-state index contributed by atoms with van der Waals surface area (Å²) in [4.78, 5) is 26.5. The Hall–Kier alpha value is -2.34. The molecule has 1 fully saturated rings. The first-order valence-corrected chi connectivity index (χ1v) is 8.21. The second-order valence-electron chi connectivity index (χ2n) is 6.01. The molecule has 2 aromatic rings. The molecule has 1 aliphatic rings. The van der Waals surface area contributed by atoms with Crippen molar-refractivity contribution < 1.29 is 13.9 Å². The lowest BCUT2D eigenvalue weighted by Crippen LogP contribution is -2.45. The molecule has 0 N–H and O–H groups in total. The molecule has 0 spiro atoms. The third-order valence-electron chi connectivity index (χ3n) is 4.27. The third-order valence-corrected chi connectivity index (χ3v) is 4.27. The van der Waals surface area contributed by atoms with Crippen molar-refractivity contribution >= 4 is 5.91 Å². The van der Waals surface area contributed by atoms with Gasteiger partial charge in [0, 0.05) is 25.2 Å². The molecule has 3 heterocycles. The van der Waals surface area contributed by atoms with E-state index in [1.54, 1.807) is 11.1 Å². The Labute approximate surface area is 140 Å². The topological polar surface area (TPSA) is 64.7 Å². The van der Waals surface area contributed by atoms with Crippen LogP contribution in [0.5, 0.6) is 0 Å². The Morgan fingerprint density at radius 3 is 2.88 bits per heavy atom. The Morgan fingerprint density at radius 1 is 1.33 bits per heavy atom.